The highest BCUT2D eigenvalue weighted by Gasteiger charge is 2.14. The van der Waals surface area contributed by atoms with Crippen LogP contribution in [-0.4, -0.2) is 23.2 Å². The predicted octanol–water partition coefficient (Wildman–Crippen LogP) is 3.13. The van der Waals surface area contributed by atoms with Gasteiger partial charge >= 0.3 is 0 Å². The lowest BCUT2D eigenvalue weighted by molar-refractivity contribution is 0.280. The van der Waals surface area contributed by atoms with Crippen molar-refractivity contribution in [3.63, 3.8) is 0 Å². The maximum atomic E-state index is 11.2. The Kier molecular flexibility index (Phi) is 4.90. The van der Waals surface area contributed by atoms with Gasteiger partial charge in [0.15, 0.2) is 5.82 Å². The lowest BCUT2D eigenvalue weighted by Gasteiger charge is -2.11. The van der Waals surface area contributed by atoms with Crippen molar-refractivity contribution in [3.8, 4) is 5.75 Å². The third-order valence-electron chi connectivity index (χ3n) is 2.68. The van der Waals surface area contributed by atoms with E-state index in [0.717, 1.165) is 0 Å². The molecule has 0 N–H and O–H groups in total. The lowest BCUT2D eigenvalue weighted by Crippen LogP contribution is -2.10. The third kappa shape index (κ3) is 3.96. The fourth-order valence-electron chi connectivity index (χ4n) is 1.70. The molecule has 0 radical (unpaired) electrons. The van der Waals surface area contributed by atoms with E-state index in [2.05, 4.69) is 26.0 Å². The fraction of sp³-hybridized carbons (Fsp3) is 0.333. The Bertz CT molecular complexity index is 746. The van der Waals surface area contributed by atoms with Gasteiger partial charge < -0.3 is 4.74 Å². The second kappa shape index (κ2) is 6.33. The summed E-state index contributed by atoms with van der Waals surface area (Å²) in [5.41, 5.74) is 0. The maximum Gasteiger partial charge on any atom is 0.261 e. The van der Waals surface area contributed by atoms with Crippen LogP contribution in [0.1, 0.15) is 25.7 Å². The van der Waals surface area contributed by atoms with E-state index in [4.69, 9.17) is 15.4 Å². The quantitative estimate of drug-likeness (QED) is 0.728. The van der Waals surface area contributed by atoms with Crippen LogP contribution in [0.15, 0.2) is 33.9 Å². The van der Waals surface area contributed by atoms with Crippen molar-refractivity contribution in [2.24, 2.45) is 0 Å². The van der Waals surface area contributed by atoms with Crippen LogP contribution in [0.4, 0.5) is 0 Å². The molecule has 0 saturated heterocycles. The molecule has 1 aromatic carbocycles. The molecule has 114 valence electrons. The van der Waals surface area contributed by atoms with Gasteiger partial charge in [0.05, 0.1) is 9.37 Å². The minimum Gasteiger partial charge on any atom is -0.484 e. The van der Waals surface area contributed by atoms with Crippen LogP contribution in [-0.2, 0) is 15.7 Å². The number of nitrogens with zero attached hydrogens (tertiary/aromatic N) is 3. The lowest BCUT2D eigenvalue weighted by atomic mass is 10.3. The number of ether oxygens (including phenoxy) is 1. The van der Waals surface area contributed by atoms with Gasteiger partial charge in [-0.1, -0.05) is 0 Å². The molecule has 1 aromatic heterocycles. The largest absolute Gasteiger partial charge is 0.484 e. The standard InChI is InChI=1S/C12H13BrClN3O3S/c1-8(2)17-12(15-7-16-17)6-20-11-4-3-9(5-10(11)13)21(14,18)19/h3-5,7-8H,6H2,1-2H3. The van der Waals surface area contributed by atoms with Gasteiger partial charge in [0.1, 0.15) is 18.7 Å². The first-order valence-electron chi connectivity index (χ1n) is 6.04. The van der Waals surface area contributed by atoms with Gasteiger partial charge in [-0.3, -0.25) is 0 Å². The van der Waals surface area contributed by atoms with Crippen molar-refractivity contribution in [3.05, 3.63) is 34.8 Å². The average molecular weight is 395 g/mol. The molecule has 21 heavy (non-hydrogen) atoms. The number of halogens is 2. The van der Waals surface area contributed by atoms with Crippen molar-refractivity contribution in [2.45, 2.75) is 31.4 Å². The minimum absolute atomic E-state index is 0.00809. The average Bonchev–Trinajstić information content (AvgIpc) is 2.84. The van der Waals surface area contributed by atoms with Gasteiger partial charge in [-0.25, -0.2) is 18.1 Å². The summed E-state index contributed by atoms with van der Waals surface area (Å²) in [5.74, 6) is 1.18. The molecule has 1 heterocycles. The first-order chi connectivity index (χ1) is 9.79. The summed E-state index contributed by atoms with van der Waals surface area (Å²) in [6.07, 6.45) is 1.47. The van der Waals surface area contributed by atoms with E-state index in [1.54, 1.807) is 4.68 Å². The second-order valence-electron chi connectivity index (χ2n) is 4.53. The fourth-order valence-corrected chi connectivity index (χ4v) is 3.12. The first-order valence-corrected chi connectivity index (χ1v) is 9.14. The van der Waals surface area contributed by atoms with Crippen LogP contribution in [0.25, 0.3) is 0 Å². The van der Waals surface area contributed by atoms with Crippen molar-refractivity contribution < 1.29 is 13.2 Å². The number of hydrogen-bond donors (Lipinski definition) is 0. The minimum atomic E-state index is -3.76. The Hall–Kier alpha value is -1.12. The molecule has 0 aliphatic heterocycles. The highest BCUT2D eigenvalue weighted by atomic mass is 79.9. The molecule has 0 aliphatic rings. The summed E-state index contributed by atoms with van der Waals surface area (Å²) in [7, 11) is 1.53. The van der Waals surface area contributed by atoms with E-state index in [-0.39, 0.29) is 17.5 Å². The topological polar surface area (TPSA) is 74.1 Å². The van der Waals surface area contributed by atoms with Crippen molar-refractivity contribution in [1.29, 1.82) is 0 Å². The molecular formula is C12H13BrClN3O3S. The summed E-state index contributed by atoms with van der Waals surface area (Å²) in [5, 5.41) is 4.11. The molecule has 0 unspecified atom stereocenters. The van der Waals surface area contributed by atoms with Crippen molar-refractivity contribution in [2.75, 3.05) is 0 Å². The number of hydrogen-bond acceptors (Lipinski definition) is 5. The molecular weight excluding hydrogens is 382 g/mol. The van der Waals surface area contributed by atoms with E-state index in [1.165, 1.54) is 24.5 Å². The smallest absolute Gasteiger partial charge is 0.261 e. The van der Waals surface area contributed by atoms with Crippen LogP contribution in [0.3, 0.4) is 0 Å². The third-order valence-corrected chi connectivity index (χ3v) is 4.65. The molecule has 0 amide bonds. The zero-order chi connectivity index (χ0) is 15.6. The SMILES string of the molecule is CC(C)n1ncnc1COc1ccc(S(=O)(=O)Cl)cc1Br. The van der Waals surface area contributed by atoms with E-state index in [1.807, 2.05) is 13.8 Å². The van der Waals surface area contributed by atoms with Crippen LogP contribution in [0.5, 0.6) is 5.75 Å². The summed E-state index contributed by atoms with van der Waals surface area (Å²) in [4.78, 5) is 4.14. The Morgan fingerprint density at radius 3 is 2.71 bits per heavy atom. The molecule has 0 saturated carbocycles. The van der Waals surface area contributed by atoms with Gasteiger partial charge in [0.25, 0.3) is 9.05 Å². The highest BCUT2D eigenvalue weighted by molar-refractivity contribution is 9.10. The van der Waals surface area contributed by atoms with E-state index >= 15 is 0 Å². The van der Waals surface area contributed by atoms with E-state index < -0.39 is 9.05 Å². The predicted molar refractivity (Wildman–Crippen MR) is 81.9 cm³/mol. The van der Waals surface area contributed by atoms with Crippen LogP contribution in [0.2, 0.25) is 0 Å². The molecule has 0 bridgehead atoms. The molecule has 0 spiro atoms. The van der Waals surface area contributed by atoms with Gasteiger partial charge in [0.2, 0.25) is 0 Å². The van der Waals surface area contributed by atoms with E-state index in [9.17, 15) is 8.42 Å². The zero-order valence-electron chi connectivity index (χ0n) is 11.3. The molecule has 2 rings (SSSR count). The molecule has 2 aromatic rings. The maximum absolute atomic E-state index is 11.2. The second-order valence-corrected chi connectivity index (χ2v) is 7.95. The van der Waals surface area contributed by atoms with Gasteiger partial charge in [-0.05, 0) is 48.0 Å². The Morgan fingerprint density at radius 2 is 2.14 bits per heavy atom. The Balaban J connectivity index is 2.16. The first kappa shape index (κ1) is 16.3. The summed E-state index contributed by atoms with van der Waals surface area (Å²) in [6.45, 7) is 4.21. The van der Waals surface area contributed by atoms with Crippen molar-refractivity contribution >= 4 is 35.7 Å². The molecule has 6 nitrogen and oxygen atoms in total. The van der Waals surface area contributed by atoms with Crippen molar-refractivity contribution in [1.82, 2.24) is 14.8 Å². The Labute approximate surface area is 135 Å². The van der Waals surface area contributed by atoms with E-state index in [0.29, 0.717) is 16.0 Å². The summed E-state index contributed by atoms with van der Waals surface area (Å²) in [6, 6.07) is 4.49. The zero-order valence-corrected chi connectivity index (χ0v) is 14.5. The molecule has 0 atom stereocenters. The van der Waals surface area contributed by atoms with Gasteiger partial charge in [-0.2, -0.15) is 5.10 Å². The molecule has 9 heteroatoms. The number of benzene rings is 1. The highest BCUT2D eigenvalue weighted by Crippen LogP contribution is 2.29. The Morgan fingerprint density at radius 1 is 1.43 bits per heavy atom. The molecule has 0 aliphatic carbocycles. The number of rotatable bonds is 5. The van der Waals surface area contributed by atoms with Crippen LogP contribution < -0.4 is 4.74 Å². The van der Waals surface area contributed by atoms with Gasteiger partial charge in [-0.15, -0.1) is 0 Å². The summed E-state index contributed by atoms with van der Waals surface area (Å²) >= 11 is 3.26. The number of aromatic nitrogens is 3. The van der Waals surface area contributed by atoms with Crippen LogP contribution >= 0.6 is 26.6 Å². The monoisotopic (exact) mass is 393 g/mol. The summed E-state index contributed by atoms with van der Waals surface area (Å²) < 4.78 is 30.4. The van der Waals surface area contributed by atoms with Crippen LogP contribution in [0, 0.1) is 0 Å². The van der Waals surface area contributed by atoms with Gasteiger partial charge in [0, 0.05) is 16.7 Å². The molecule has 0 fully saturated rings. The normalized spacial score (nSPS) is 11.9.